The van der Waals surface area contributed by atoms with E-state index in [4.69, 9.17) is 9.94 Å². The second kappa shape index (κ2) is 7.15. The van der Waals surface area contributed by atoms with Crippen molar-refractivity contribution in [1.29, 1.82) is 0 Å². The highest BCUT2D eigenvalue weighted by atomic mass is 16.5. The van der Waals surface area contributed by atoms with Gasteiger partial charge in [-0.15, -0.1) is 0 Å². The smallest absolute Gasteiger partial charge is 0.388 e. The first-order valence-electron chi connectivity index (χ1n) is 7.89. The van der Waals surface area contributed by atoms with Crippen LogP contribution in [0, 0.1) is 58.9 Å². The van der Waals surface area contributed by atoms with Crippen molar-refractivity contribution >= 4 is 0 Å². The van der Waals surface area contributed by atoms with E-state index in [1.165, 1.54) is 0 Å². The van der Waals surface area contributed by atoms with Crippen LogP contribution in [-0.4, -0.2) is 5.21 Å². The lowest BCUT2D eigenvalue weighted by atomic mass is 9.97. The van der Waals surface area contributed by atoms with Crippen molar-refractivity contribution in [3.05, 3.63) is 71.9 Å². The first-order chi connectivity index (χ1) is 11.8. The Morgan fingerprint density at radius 2 is 1.24 bits per heavy atom. The SMILES string of the molecule is Cc1cc(C)c(Oc2c(C)cc(C)c(C#[N+]O)c2C)c(C)c1C#[N+][O-]. The molecule has 0 heterocycles. The Hall–Kier alpha value is -3.18. The Morgan fingerprint density at radius 1 is 0.800 bits per heavy atom. The lowest BCUT2D eigenvalue weighted by molar-refractivity contribution is 0.463. The maximum atomic E-state index is 10.7. The molecule has 0 bridgehead atoms. The molecule has 0 aliphatic rings. The van der Waals surface area contributed by atoms with E-state index >= 15 is 0 Å². The minimum Gasteiger partial charge on any atom is -0.498 e. The molecule has 0 atom stereocenters. The van der Waals surface area contributed by atoms with E-state index in [-0.39, 0.29) is 0 Å². The molecule has 2 rings (SSSR count). The van der Waals surface area contributed by atoms with Gasteiger partial charge in [0.05, 0.1) is 0 Å². The number of nitrogens with zero attached hydrogens (tertiary/aromatic N) is 2. The summed E-state index contributed by atoms with van der Waals surface area (Å²) < 4.78 is 6.24. The molecular formula is C20H21N2O3+. The van der Waals surface area contributed by atoms with Crippen molar-refractivity contribution in [3.63, 3.8) is 0 Å². The molecule has 0 saturated carbocycles. The molecule has 0 radical (unpaired) electrons. The summed E-state index contributed by atoms with van der Waals surface area (Å²) in [5.41, 5.74) is 6.74. The van der Waals surface area contributed by atoms with Crippen molar-refractivity contribution in [2.45, 2.75) is 41.5 Å². The summed E-state index contributed by atoms with van der Waals surface area (Å²) in [5, 5.41) is 25.3. The summed E-state index contributed by atoms with van der Waals surface area (Å²) in [6, 6.07) is 9.00. The molecular weight excluding hydrogens is 316 g/mol. The molecule has 25 heavy (non-hydrogen) atoms. The summed E-state index contributed by atoms with van der Waals surface area (Å²) in [7, 11) is 0. The van der Waals surface area contributed by atoms with Gasteiger partial charge in [-0.05, 0) is 63.8 Å². The molecule has 0 fully saturated rings. The van der Waals surface area contributed by atoms with Crippen LogP contribution in [-0.2, 0) is 0 Å². The molecule has 2 aromatic rings. The van der Waals surface area contributed by atoms with Gasteiger partial charge in [0, 0.05) is 16.1 Å². The van der Waals surface area contributed by atoms with Gasteiger partial charge in [0.25, 0.3) is 0 Å². The summed E-state index contributed by atoms with van der Waals surface area (Å²) in [6.45, 7) is 11.5. The molecule has 2 aromatic carbocycles. The first kappa shape index (κ1) is 18.2. The lowest BCUT2D eigenvalue weighted by Crippen LogP contribution is -2.01. The Bertz CT molecular complexity index is 891. The van der Waals surface area contributed by atoms with Crippen molar-refractivity contribution in [2.75, 3.05) is 0 Å². The van der Waals surface area contributed by atoms with Crippen molar-refractivity contribution in [1.82, 2.24) is 0 Å². The molecule has 1 N–H and O–H groups in total. The minimum absolute atomic E-state index is 0.640. The second-order valence-electron chi connectivity index (χ2n) is 6.20. The van der Waals surface area contributed by atoms with Crippen LogP contribution in [0.2, 0.25) is 0 Å². The van der Waals surface area contributed by atoms with Gasteiger partial charge >= 0.3 is 12.1 Å². The Balaban J connectivity index is 2.68. The molecule has 0 aliphatic heterocycles. The fourth-order valence-electron chi connectivity index (χ4n) is 3.19. The third-order valence-corrected chi connectivity index (χ3v) is 4.33. The maximum Gasteiger partial charge on any atom is 0.388 e. The topological polar surface area (TPSA) is 61.2 Å². The predicted molar refractivity (Wildman–Crippen MR) is 99.2 cm³/mol. The van der Waals surface area contributed by atoms with Crippen LogP contribution in [0.15, 0.2) is 12.1 Å². The summed E-state index contributed by atoms with van der Waals surface area (Å²) >= 11 is 0. The van der Waals surface area contributed by atoms with Crippen molar-refractivity contribution < 1.29 is 9.94 Å². The highest BCUT2D eigenvalue weighted by Crippen LogP contribution is 2.37. The van der Waals surface area contributed by atoms with Crippen LogP contribution in [0.25, 0.3) is 10.0 Å². The molecule has 0 amide bonds. The van der Waals surface area contributed by atoms with E-state index in [1.54, 1.807) is 0 Å². The van der Waals surface area contributed by atoms with E-state index in [0.29, 0.717) is 22.6 Å². The summed E-state index contributed by atoms with van der Waals surface area (Å²) in [5.74, 6) is 1.34. The monoisotopic (exact) mass is 337 g/mol. The van der Waals surface area contributed by atoms with Crippen LogP contribution >= 0.6 is 0 Å². The highest BCUT2D eigenvalue weighted by molar-refractivity contribution is 5.60. The zero-order valence-electron chi connectivity index (χ0n) is 15.3. The largest absolute Gasteiger partial charge is 0.498 e. The quantitative estimate of drug-likeness (QED) is 0.728. The van der Waals surface area contributed by atoms with Crippen LogP contribution in [0.4, 0.5) is 0 Å². The zero-order valence-corrected chi connectivity index (χ0v) is 15.3. The van der Waals surface area contributed by atoms with Gasteiger partial charge in [-0.1, -0.05) is 12.1 Å². The molecule has 128 valence electrons. The first-order valence-corrected chi connectivity index (χ1v) is 7.89. The van der Waals surface area contributed by atoms with Gasteiger partial charge in [0.1, 0.15) is 22.6 Å². The van der Waals surface area contributed by atoms with E-state index in [2.05, 4.69) is 22.2 Å². The zero-order chi connectivity index (χ0) is 18.7. The predicted octanol–water partition coefficient (Wildman–Crippen LogP) is 5.58. The molecule has 5 heteroatoms. The third kappa shape index (κ3) is 3.36. The minimum atomic E-state index is 0.640. The fourth-order valence-corrected chi connectivity index (χ4v) is 3.19. The number of hydrogen-bond donors (Lipinski definition) is 1. The van der Waals surface area contributed by atoms with Crippen LogP contribution < -0.4 is 4.74 Å². The summed E-state index contributed by atoms with van der Waals surface area (Å²) in [6.07, 6.45) is 0. The van der Waals surface area contributed by atoms with Gasteiger partial charge < -0.3 is 9.94 Å². The van der Waals surface area contributed by atoms with E-state index in [0.717, 1.165) is 33.4 Å². The van der Waals surface area contributed by atoms with Crippen molar-refractivity contribution in [2.24, 2.45) is 0 Å². The van der Waals surface area contributed by atoms with Gasteiger partial charge in [0.2, 0.25) is 5.01 Å². The standard InChI is InChI=1S/C20H20N2O3/c1-11-7-13(3)19(15(5)17(11)9-21-23)25-20-14(4)8-12(2)18(10-22-24)16(20)6/h7-8H,1-6H3/p+1. The Kier molecular flexibility index (Phi) is 5.20. The molecule has 0 saturated heterocycles. The Morgan fingerprint density at radius 3 is 1.64 bits per heavy atom. The molecule has 0 spiro atoms. The Labute approximate surface area is 147 Å². The maximum absolute atomic E-state index is 10.7. The van der Waals surface area contributed by atoms with Gasteiger partial charge in [-0.25, -0.2) is 0 Å². The molecule has 5 nitrogen and oxygen atoms in total. The second-order valence-corrected chi connectivity index (χ2v) is 6.20. The lowest BCUT2D eigenvalue weighted by Gasteiger charge is -2.18. The van der Waals surface area contributed by atoms with E-state index in [9.17, 15) is 5.21 Å². The van der Waals surface area contributed by atoms with Crippen molar-refractivity contribution in [3.8, 4) is 23.6 Å². The van der Waals surface area contributed by atoms with Gasteiger partial charge in [0.15, 0.2) is 0 Å². The van der Waals surface area contributed by atoms with Gasteiger partial charge in [-0.3, -0.25) is 0 Å². The fraction of sp³-hybridized carbons (Fsp3) is 0.300. The van der Waals surface area contributed by atoms with Crippen LogP contribution in [0.5, 0.6) is 11.5 Å². The number of ether oxygens (including phenoxy) is 1. The molecule has 0 aliphatic carbocycles. The molecule has 0 unspecified atom stereocenters. The normalized spacial score (nSPS) is 9.68. The third-order valence-electron chi connectivity index (χ3n) is 4.33. The van der Waals surface area contributed by atoms with Gasteiger partial charge in [-0.2, -0.15) is 5.21 Å². The number of aryl methyl sites for hydroxylation is 4. The average molecular weight is 337 g/mol. The van der Waals surface area contributed by atoms with Crippen LogP contribution in [0.3, 0.4) is 0 Å². The molecule has 0 aromatic heterocycles. The highest BCUT2D eigenvalue weighted by Gasteiger charge is 2.20. The number of hydrogen-bond acceptors (Lipinski definition) is 3. The average Bonchev–Trinajstić information content (AvgIpc) is 2.54. The van der Waals surface area contributed by atoms with E-state index in [1.807, 2.05) is 53.7 Å². The number of rotatable bonds is 2. The van der Waals surface area contributed by atoms with E-state index < -0.39 is 0 Å². The number of benzene rings is 2. The summed E-state index contributed by atoms with van der Waals surface area (Å²) in [4.78, 5) is 0. The van der Waals surface area contributed by atoms with Crippen LogP contribution in [0.1, 0.15) is 44.5 Å².